The average molecular weight is 409 g/mol. The molecule has 1 N–H and O–H groups in total. The van der Waals surface area contributed by atoms with Crippen molar-refractivity contribution in [3.63, 3.8) is 0 Å². The maximum atomic E-state index is 12.4. The van der Waals surface area contributed by atoms with Gasteiger partial charge in [-0.3, -0.25) is 4.79 Å². The molecule has 0 radical (unpaired) electrons. The summed E-state index contributed by atoms with van der Waals surface area (Å²) in [7, 11) is 0. The van der Waals surface area contributed by atoms with Gasteiger partial charge >= 0.3 is 0 Å². The fourth-order valence-corrected chi connectivity index (χ4v) is 6.44. The van der Waals surface area contributed by atoms with Crippen LogP contribution in [0.3, 0.4) is 0 Å². The number of nitrogens with zero attached hydrogens (tertiary/aromatic N) is 1. The highest BCUT2D eigenvalue weighted by Gasteiger charge is 2.21. The van der Waals surface area contributed by atoms with Gasteiger partial charge in [0, 0.05) is 21.3 Å². The number of hydrogen-bond acceptors (Lipinski definition) is 5. The van der Waals surface area contributed by atoms with E-state index in [-0.39, 0.29) is 10.9 Å². The number of halogens is 1. The number of aryl methyl sites for hydroxylation is 2. The van der Waals surface area contributed by atoms with E-state index in [4.69, 9.17) is 11.6 Å². The van der Waals surface area contributed by atoms with Crippen LogP contribution < -0.4 is 5.56 Å². The third-order valence-electron chi connectivity index (χ3n) is 4.13. The molecule has 4 rings (SSSR count). The number of rotatable bonds is 6. The molecule has 0 aliphatic heterocycles. The smallest absolute Gasteiger partial charge is 0.260 e. The zero-order valence-electron chi connectivity index (χ0n) is 13.5. The molecule has 0 spiro atoms. The molecule has 0 bridgehead atoms. The van der Waals surface area contributed by atoms with E-state index in [9.17, 15) is 4.79 Å². The number of alkyl halides is 1. The largest absolute Gasteiger partial charge is 0.301 e. The molecule has 3 nitrogen and oxygen atoms in total. The first-order valence-corrected chi connectivity index (χ1v) is 11.4. The quantitative estimate of drug-likeness (QED) is 0.355. The second-order valence-electron chi connectivity index (χ2n) is 5.94. The van der Waals surface area contributed by atoms with Gasteiger partial charge in [0.25, 0.3) is 5.56 Å². The van der Waals surface area contributed by atoms with Crippen molar-refractivity contribution in [2.75, 3.05) is 11.5 Å². The second kappa shape index (κ2) is 7.74. The summed E-state index contributed by atoms with van der Waals surface area (Å²) in [6, 6.07) is 10.2. The van der Waals surface area contributed by atoms with Crippen LogP contribution in [-0.4, -0.2) is 26.9 Å². The minimum Gasteiger partial charge on any atom is -0.301 e. The highest BCUT2D eigenvalue weighted by Crippen LogP contribution is 2.35. The van der Waals surface area contributed by atoms with Crippen molar-refractivity contribution in [2.24, 2.45) is 0 Å². The summed E-state index contributed by atoms with van der Waals surface area (Å²) in [6.07, 6.45) is 3.24. The molecule has 0 saturated carbocycles. The lowest BCUT2D eigenvalue weighted by Crippen LogP contribution is -2.11. The molecule has 1 aromatic carbocycles. The Morgan fingerprint density at radius 1 is 1.20 bits per heavy atom. The first-order valence-electron chi connectivity index (χ1n) is 8.20. The van der Waals surface area contributed by atoms with E-state index in [0.29, 0.717) is 5.16 Å². The summed E-state index contributed by atoms with van der Waals surface area (Å²) in [5.41, 5.74) is 1.22. The van der Waals surface area contributed by atoms with Gasteiger partial charge in [-0.25, -0.2) is 4.98 Å². The van der Waals surface area contributed by atoms with Gasteiger partial charge < -0.3 is 4.98 Å². The Bertz CT molecular complexity index is 939. The lowest BCUT2D eigenvalue weighted by Gasteiger charge is -2.08. The number of hydrogen-bond donors (Lipinski definition) is 1. The zero-order valence-corrected chi connectivity index (χ0v) is 16.7. The second-order valence-corrected chi connectivity index (χ2v) is 9.74. The van der Waals surface area contributed by atoms with Crippen LogP contribution in [0.2, 0.25) is 0 Å². The third kappa shape index (κ3) is 3.92. The highest BCUT2D eigenvalue weighted by molar-refractivity contribution is 8.00. The maximum Gasteiger partial charge on any atom is 0.260 e. The summed E-state index contributed by atoms with van der Waals surface area (Å²) in [4.78, 5) is 23.5. The summed E-state index contributed by atoms with van der Waals surface area (Å²) in [6.45, 7) is 0. The SMILES string of the molecule is O=c1[nH]c(SC[C@@H](Cl)CSc2ccccc2)nc2sc3c(c12)CCC3. The molecule has 1 atom stereocenters. The molecule has 0 amide bonds. The van der Waals surface area contributed by atoms with Crippen molar-refractivity contribution in [3.8, 4) is 0 Å². The fourth-order valence-electron chi connectivity index (χ4n) is 2.97. The molecule has 3 aromatic rings. The lowest BCUT2D eigenvalue weighted by atomic mass is 10.2. The fraction of sp³-hybridized carbons (Fsp3) is 0.333. The van der Waals surface area contributed by atoms with E-state index < -0.39 is 0 Å². The van der Waals surface area contributed by atoms with Crippen LogP contribution in [0.25, 0.3) is 10.2 Å². The Labute approximate surface area is 163 Å². The molecule has 0 unspecified atom stereocenters. The summed E-state index contributed by atoms with van der Waals surface area (Å²) < 4.78 is 0. The van der Waals surface area contributed by atoms with E-state index in [0.717, 1.165) is 41.0 Å². The van der Waals surface area contributed by atoms with E-state index in [1.165, 1.54) is 27.1 Å². The molecule has 2 heterocycles. The van der Waals surface area contributed by atoms with E-state index >= 15 is 0 Å². The van der Waals surface area contributed by atoms with Crippen molar-refractivity contribution in [1.29, 1.82) is 0 Å². The van der Waals surface area contributed by atoms with E-state index in [1.807, 2.05) is 18.2 Å². The summed E-state index contributed by atoms with van der Waals surface area (Å²) >= 11 is 11.4. The first kappa shape index (κ1) is 17.5. The van der Waals surface area contributed by atoms with Gasteiger partial charge in [0.2, 0.25) is 0 Å². The topological polar surface area (TPSA) is 45.8 Å². The van der Waals surface area contributed by atoms with Gasteiger partial charge in [0.05, 0.1) is 10.8 Å². The lowest BCUT2D eigenvalue weighted by molar-refractivity contribution is 0.913. The molecule has 0 saturated heterocycles. The number of thioether (sulfide) groups is 2. The highest BCUT2D eigenvalue weighted by atomic mass is 35.5. The molecule has 0 fully saturated rings. The minimum absolute atomic E-state index is 0.00307. The number of fused-ring (bicyclic) bond motifs is 3. The van der Waals surface area contributed by atoms with Gasteiger partial charge in [-0.05, 0) is 37.0 Å². The summed E-state index contributed by atoms with van der Waals surface area (Å²) in [5, 5.41) is 1.50. The Morgan fingerprint density at radius 2 is 2.00 bits per heavy atom. The monoisotopic (exact) mass is 408 g/mol. The molecule has 130 valence electrons. The van der Waals surface area contributed by atoms with Crippen LogP contribution in [0.1, 0.15) is 16.9 Å². The average Bonchev–Trinajstić information content (AvgIpc) is 3.19. The van der Waals surface area contributed by atoms with Crippen LogP contribution in [0.5, 0.6) is 0 Å². The van der Waals surface area contributed by atoms with Crippen molar-refractivity contribution in [2.45, 2.75) is 34.7 Å². The van der Waals surface area contributed by atoms with Crippen LogP contribution >= 0.6 is 46.5 Å². The summed E-state index contributed by atoms with van der Waals surface area (Å²) in [5.74, 6) is 1.55. The number of nitrogens with one attached hydrogen (secondary N) is 1. The number of benzene rings is 1. The van der Waals surface area contributed by atoms with Crippen LogP contribution in [0.4, 0.5) is 0 Å². The van der Waals surface area contributed by atoms with Crippen molar-refractivity contribution >= 4 is 56.7 Å². The van der Waals surface area contributed by atoms with Gasteiger partial charge in [-0.15, -0.1) is 34.7 Å². The Kier molecular flexibility index (Phi) is 5.41. The number of aromatic nitrogens is 2. The molecule has 25 heavy (non-hydrogen) atoms. The molecular formula is C18H17ClN2OS3. The van der Waals surface area contributed by atoms with Crippen molar-refractivity contribution in [3.05, 3.63) is 51.1 Å². The number of H-pyrrole nitrogens is 1. The Morgan fingerprint density at radius 3 is 2.84 bits per heavy atom. The number of aromatic amines is 1. The number of thiophene rings is 1. The normalized spacial score (nSPS) is 14.8. The van der Waals surface area contributed by atoms with Gasteiger partial charge in [0.1, 0.15) is 4.83 Å². The van der Waals surface area contributed by atoms with Crippen molar-refractivity contribution in [1.82, 2.24) is 9.97 Å². The predicted molar refractivity (Wildman–Crippen MR) is 110 cm³/mol. The molecule has 7 heteroatoms. The molecular weight excluding hydrogens is 392 g/mol. The van der Waals surface area contributed by atoms with Gasteiger partial charge in [-0.2, -0.15) is 0 Å². The van der Waals surface area contributed by atoms with Crippen LogP contribution in [0.15, 0.2) is 45.2 Å². The standard InChI is InChI=1S/C18H17ClN2OS3/c19-11(9-23-12-5-2-1-3-6-12)10-24-18-20-16(22)15-13-7-4-8-14(13)25-17(15)21-18/h1-3,5-6,11H,4,7-10H2,(H,20,21,22)/t11-/m0/s1. The molecule has 2 aromatic heterocycles. The first-order chi connectivity index (χ1) is 12.2. The minimum atomic E-state index is -0.00307. The Hall–Kier alpha value is -0.950. The van der Waals surface area contributed by atoms with Crippen LogP contribution in [-0.2, 0) is 12.8 Å². The van der Waals surface area contributed by atoms with Gasteiger partial charge in [0.15, 0.2) is 5.16 Å². The van der Waals surface area contributed by atoms with Gasteiger partial charge in [-0.1, -0.05) is 30.0 Å². The Balaban J connectivity index is 1.40. The maximum absolute atomic E-state index is 12.4. The zero-order chi connectivity index (χ0) is 17.2. The van der Waals surface area contributed by atoms with E-state index in [2.05, 4.69) is 22.1 Å². The predicted octanol–water partition coefficient (Wildman–Crippen LogP) is 4.97. The third-order valence-corrected chi connectivity index (χ3v) is 8.20. The van der Waals surface area contributed by atoms with Crippen molar-refractivity contribution < 1.29 is 0 Å². The molecule has 1 aliphatic carbocycles. The van der Waals surface area contributed by atoms with E-state index in [1.54, 1.807) is 23.1 Å². The van der Waals surface area contributed by atoms with Crippen LogP contribution in [0, 0.1) is 0 Å². The molecule has 1 aliphatic rings.